The molecular formula is C14H13F3N2OS. The molecule has 0 unspecified atom stereocenters. The van der Waals surface area contributed by atoms with Crippen LogP contribution < -0.4 is 0 Å². The van der Waals surface area contributed by atoms with Gasteiger partial charge >= 0.3 is 6.18 Å². The van der Waals surface area contributed by atoms with Crippen molar-refractivity contribution in [2.24, 2.45) is 0 Å². The fourth-order valence-corrected chi connectivity index (χ4v) is 2.32. The Morgan fingerprint density at radius 1 is 1.24 bits per heavy atom. The maximum absolute atomic E-state index is 12.4. The van der Waals surface area contributed by atoms with Gasteiger partial charge in [-0.2, -0.15) is 13.2 Å². The normalized spacial score (nSPS) is 11.4. The van der Waals surface area contributed by atoms with Crippen molar-refractivity contribution < 1.29 is 18.0 Å². The number of alkyl halides is 3. The first-order valence-electron chi connectivity index (χ1n) is 6.24. The zero-order chi connectivity index (χ0) is 15.3. The Kier molecular flexibility index (Phi) is 4.95. The van der Waals surface area contributed by atoms with Crippen LogP contribution in [0.4, 0.5) is 13.2 Å². The molecule has 1 aromatic carbocycles. The first-order chi connectivity index (χ1) is 9.96. The molecule has 1 heterocycles. The largest absolute Gasteiger partial charge is 0.390 e. The van der Waals surface area contributed by atoms with Crippen LogP contribution in [0.5, 0.6) is 0 Å². The van der Waals surface area contributed by atoms with Gasteiger partial charge in [-0.3, -0.25) is 4.79 Å². The molecule has 112 valence electrons. The molecule has 0 aliphatic heterocycles. The third-order valence-electron chi connectivity index (χ3n) is 2.82. The smallest absolute Gasteiger partial charge is 0.333 e. The fourth-order valence-electron chi connectivity index (χ4n) is 1.80. The zero-order valence-corrected chi connectivity index (χ0v) is 11.8. The van der Waals surface area contributed by atoms with Crippen molar-refractivity contribution in [2.75, 3.05) is 6.54 Å². The van der Waals surface area contributed by atoms with Crippen LogP contribution >= 0.6 is 11.3 Å². The number of halogens is 3. The summed E-state index contributed by atoms with van der Waals surface area (Å²) in [4.78, 5) is 17.3. The lowest BCUT2D eigenvalue weighted by atomic mass is 10.2. The van der Waals surface area contributed by atoms with Gasteiger partial charge in [-0.05, 0) is 5.56 Å². The average Bonchev–Trinajstić information content (AvgIpc) is 2.97. The average molecular weight is 314 g/mol. The quantitative estimate of drug-likeness (QED) is 0.842. The highest BCUT2D eigenvalue weighted by Gasteiger charge is 2.29. The lowest BCUT2D eigenvalue weighted by molar-refractivity contribution is -0.136. The molecule has 0 fully saturated rings. The van der Waals surface area contributed by atoms with Crippen LogP contribution in [0.3, 0.4) is 0 Å². The molecule has 0 saturated heterocycles. The summed E-state index contributed by atoms with van der Waals surface area (Å²) in [5, 5.41) is 1.54. The SMILES string of the molecule is O=C(c1cscn1)N(CCC(F)(F)F)Cc1ccccc1. The molecule has 0 radical (unpaired) electrons. The molecule has 0 N–H and O–H groups in total. The number of hydrogen-bond donors (Lipinski definition) is 0. The Morgan fingerprint density at radius 3 is 2.52 bits per heavy atom. The number of thiazole rings is 1. The Balaban J connectivity index is 2.12. The van der Waals surface area contributed by atoms with E-state index in [-0.39, 0.29) is 18.8 Å². The third-order valence-corrected chi connectivity index (χ3v) is 3.41. The number of nitrogens with zero attached hydrogens (tertiary/aromatic N) is 2. The van der Waals surface area contributed by atoms with Crippen molar-refractivity contribution >= 4 is 17.2 Å². The molecule has 21 heavy (non-hydrogen) atoms. The molecule has 0 saturated carbocycles. The van der Waals surface area contributed by atoms with E-state index in [9.17, 15) is 18.0 Å². The molecule has 0 aliphatic carbocycles. The van der Waals surface area contributed by atoms with E-state index in [0.717, 1.165) is 5.56 Å². The van der Waals surface area contributed by atoms with E-state index in [4.69, 9.17) is 0 Å². The highest BCUT2D eigenvalue weighted by atomic mass is 32.1. The van der Waals surface area contributed by atoms with Gasteiger partial charge in [0, 0.05) is 18.5 Å². The van der Waals surface area contributed by atoms with Crippen LogP contribution in [0.25, 0.3) is 0 Å². The molecule has 2 aromatic rings. The molecule has 1 aromatic heterocycles. The van der Waals surface area contributed by atoms with E-state index < -0.39 is 18.5 Å². The van der Waals surface area contributed by atoms with Gasteiger partial charge in [0.15, 0.2) is 0 Å². The maximum atomic E-state index is 12.4. The molecule has 2 rings (SSSR count). The van der Waals surface area contributed by atoms with E-state index in [1.807, 2.05) is 6.07 Å². The van der Waals surface area contributed by atoms with E-state index in [1.165, 1.54) is 27.1 Å². The topological polar surface area (TPSA) is 33.2 Å². The number of amides is 1. The second kappa shape index (κ2) is 6.71. The second-order valence-corrected chi connectivity index (χ2v) is 5.17. The summed E-state index contributed by atoms with van der Waals surface area (Å²) in [5.74, 6) is -0.482. The van der Waals surface area contributed by atoms with Crippen molar-refractivity contribution in [3.05, 3.63) is 52.5 Å². The van der Waals surface area contributed by atoms with E-state index in [0.29, 0.717) is 0 Å². The fraction of sp³-hybridized carbons (Fsp3) is 0.286. The van der Waals surface area contributed by atoms with Gasteiger partial charge in [0.2, 0.25) is 0 Å². The van der Waals surface area contributed by atoms with Crippen molar-refractivity contribution in [3.8, 4) is 0 Å². The van der Waals surface area contributed by atoms with Crippen molar-refractivity contribution in [3.63, 3.8) is 0 Å². The minimum atomic E-state index is -4.29. The monoisotopic (exact) mass is 314 g/mol. The summed E-state index contributed by atoms with van der Waals surface area (Å²) >= 11 is 1.23. The summed E-state index contributed by atoms with van der Waals surface area (Å²) in [6.45, 7) is -0.248. The van der Waals surface area contributed by atoms with Gasteiger partial charge in [-0.15, -0.1) is 11.3 Å². The van der Waals surface area contributed by atoms with Crippen LogP contribution in [-0.4, -0.2) is 28.5 Å². The van der Waals surface area contributed by atoms with Crippen LogP contribution in [-0.2, 0) is 6.54 Å². The Hall–Kier alpha value is -1.89. The number of carbonyl (C=O) groups is 1. The summed E-state index contributed by atoms with van der Waals surface area (Å²) < 4.78 is 37.2. The summed E-state index contributed by atoms with van der Waals surface area (Å²) in [7, 11) is 0. The second-order valence-electron chi connectivity index (χ2n) is 4.45. The van der Waals surface area contributed by atoms with Gasteiger partial charge in [0.1, 0.15) is 5.69 Å². The van der Waals surface area contributed by atoms with Crippen LogP contribution in [0, 0.1) is 0 Å². The predicted molar refractivity (Wildman–Crippen MR) is 74.0 cm³/mol. The van der Waals surface area contributed by atoms with Gasteiger partial charge in [0.05, 0.1) is 11.9 Å². The highest BCUT2D eigenvalue weighted by molar-refractivity contribution is 7.07. The predicted octanol–water partition coefficient (Wildman–Crippen LogP) is 3.74. The number of hydrogen-bond acceptors (Lipinski definition) is 3. The van der Waals surface area contributed by atoms with E-state index >= 15 is 0 Å². The molecule has 3 nitrogen and oxygen atoms in total. The lowest BCUT2D eigenvalue weighted by Gasteiger charge is -2.22. The molecular weight excluding hydrogens is 301 g/mol. The molecule has 0 aliphatic rings. The Morgan fingerprint density at radius 2 is 1.95 bits per heavy atom. The summed E-state index contributed by atoms with van der Waals surface area (Å²) in [6, 6.07) is 8.92. The summed E-state index contributed by atoms with van der Waals surface area (Å²) in [6.07, 6.45) is -5.33. The zero-order valence-electron chi connectivity index (χ0n) is 11.0. The maximum Gasteiger partial charge on any atom is 0.390 e. The molecule has 1 amide bonds. The molecule has 0 bridgehead atoms. The molecule has 7 heteroatoms. The highest BCUT2D eigenvalue weighted by Crippen LogP contribution is 2.21. The van der Waals surface area contributed by atoms with Crippen molar-refractivity contribution in [1.29, 1.82) is 0 Å². The van der Waals surface area contributed by atoms with Crippen LogP contribution in [0.1, 0.15) is 22.5 Å². The first kappa shape index (κ1) is 15.5. The van der Waals surface area contributed by atoms with Crippen molar-refractivity contribution in [2.45, 2.75) is 19.1 Å². The van der Waals surface area contributed by atoms with Crippen molar-refractivity contribution in [1.82, 2.24) is 9.88 Å². The van der Waals surface area contributed by atoms with E-state index in [1.54, 1.807) is 24.3 Å². The standard InChI is InChI=1S/C14H13F3N2OS/c15-14(16,17)6-7-19(8-11-4-2-1-3-5-11)13(20)12-9-21-10-18-12/h1-5,9-10H,6-8H2. The molecule has 0 spiro atoms. The van der Waals surface area contributed by atoms with Gasteiger partial charge in [0.25, 0.3) is 5.91 Å². The minimum Gasteiger partial charge on any atom is -0.333 e. The van der Waals surface area contributed by atoms with Crippen LogP contribution in [0.2, 0.25) is 0 Å². The lowest BCUT2D eigenvalue weighted by Crippen LogP contribution is -2.34. The van der Waals surface area contributed by atoms with Gasteiger partial charge < -0.3 is 4.90 Å². The first-order valence-corrected chi connectivity index (χ1v) is 7.18. The van der Waals surface area contributed by atoms with Crippen LogP contribution in [0.15, 0.2) is 41.2 Å². The minimum absolute atomic E-state index is 0.132. The Labute approximate surface area is 124 Å². The van der Waals surface area contributed by atoms with E-state index in [2.05, 4.69) is 4.98 Å². The number of rotatable bonds is 5. The summed E-state index contributed by atoms with van der Waals surface area (Å²) in [5.41, 5.74) is 2.44. The van der Waals surface area contributed by atoms with Gasteiger partial charge in [-0.1, -0.05) is 30.3 Å². The number of carbonyl (C=O) groups excluding carboxylic acids is 1. The number of benzene rings is 1. The van der Waals surface area contributed by atoms with Gasteiger partial charge in [-0.25, -0.2) is 4.98 Å². The Bertz CT molecular complexity index is 570. The third kappa shape index (κ3) is 4.86. The molecule has 0 atom stereocenters. The number of aromatic nitrogens is 1.